The number of rotatable bonds is 6. The zero-order valence-electron chi connectivity index (χ0n) is 14.0. The molecule has 1 heterocycles. The third-order valence-electron chi connectivity index (χ3n) is 4.03. The summed E-state index contributed by atoms with van der Waals surface area (Å²) < 4.78 is 13.3. The van der Waals surface area contributed by atoms with Gasteiger partial charge in [0.25, 0.3) is 5.69 Å². The lowest BCUT2D eigenvalue weighted by Crippen LogP contribution is -2.17. The number of para-hydroxylation sites is 1. The number of nitrogens with zero attached hydrogens (tertiary/aromatic N) is 4. The Labute approximate surface area is 154 Å². The molecule has 1 aromatic heterocycles. The van der Waals surface area contributed by atoms with E-state index >= 15 is 0 Å². The van der Waals surface area contributed by atoms with Crippen LogP contribution in [0.3, 0.4) is 0 Å². The molecule has 1 N–H and O–H groups in total. The summed E-state index contributed by atoms with van der Waals surface area (Å²) in [5.74, 6) is -0.519. The van der Waals surface area contributed by atoms with E-state index in [9.17, 15) is 14.5 Å². The third-order valence-corrected chi connectivity index (χ3v) is 4.03. The highest BCUT2D eigenvalue weighted by atomic mass is 19.1. The molecule has 3 aromatic rings. The van der Waals surface area contributed by atoms with Crippen LogP contribution in [-0.4, -0.2) is 21.4 Å². The molecule has 27 heavy (non-hydrogen) atoms. The number of nitriles is 1. The van der Waals surface area contributed by atoms with Crippen LogP contribution in [0.4, 0.5) is 16.0 Å². The summed E-state index contributed by atoms with van der Waals surface area (Å²) in [6.07, 6.45) is 2.76. The molecule has 3 rings (SSSR count). The first-order chi connectivity index (χ1) is 13.1. The molecule has 0 aliphatic carbocycles. The second-order valence-electron chi connectivity index (χ2n) is 5.71. The monoisotopic (exact) mass is 363 g/mol. The SMILES string of the molecule is N#Cc1cnc(NC[C@@H](c2ccc(F)cc2)c2ccccc2[N+](=O)[O-])nc1. The molecule has 2 aromatic carbocycles. The molecule has 134 valence electrons. The lowest BCUT2D eigenvalue weighted by Gasteiger charge is -2.19. The van der Waals surface area contributed by atoms with Crippen LogP contribution < -0.4 is 5.32 Å². The van der Waals surface area contributed by atoms with Crippen LogP contribution in [0.5, 0.6) is 0 Å². The third kappa shape index (κ3) is 4.22. The van der Waals surface area contributed by atoms with Gasteiger partial charge in [-0.25, -0.2) is 14.4 Å². The van der Waals surface area contributed by atoms with E-state index < -0.39 is 10.8 Å². The number of nitrogens with one attached hydrogen (secondary N) is 1. The number of nitro groups is 1. The van der Waals surface area contributed by atoms with Crippen LogP contribution in [0.2, 0.25) is 0 Å². The van der Waals surface area contributed by atoms with Crippen molar-refractivity contribution in [2.45, 2.75) is 5.92 Å². The van der Waals surface area contributed by atoms with Crippen LogP contribution in [0, 0.1) is 27.3 Å². The van der Waals surface area contributed by atoms with Crippen LogP contribution in [0.25, 0.3) is 0 Å². The van der Waals surface area contributed by atoms with E-state index in [1.807, 2.05) is 6.07 Å². The number of hydrogen-bond acceptors (Lipinski definition) is 6. The van der Waals surface area contributed by atoms with Crippen LogP contribution in [0.15, 0.2) is 60.9 Å². The average Bonchev–Trinajstić information content (AvgIpc) is 2.70. The topological polar surface area (TPSA) is 105 Å². The largest absolute Gasteiger partial charge is 0.353 e. The Balaban J connectivity index is 1.94. The number of benzene rings is 2. The van der Waals surface area contributed by atoms with Crippen LogP contribution in [-0.2, 0) is 0 Å². The molecule has 0 bridgehead atoms. The van der Waals surface area contributed by atoms with Crippen molar-refractivity contribution in [2.24, 2.45) is 0 Å². The second-order valence-corrected chi connectivity index (χ2v) is 5.71. The zero-order valence-corrected chi connectivity index (χ0v) is 14.0. The normalized spacial score (nSPS) is 11.4. The summed E-state index contributed by atoms with van der Waals surface area (Å²) in [7, 11) is 0. The highest BCUT2D eigenvalue weighted by Crippen LogP contribution is 2.32. The van der Waals surface area contributed by atoms with Gasteiger partial charge in [-0.2, -0.15) is 5.26 Å². The van der Waals surface area contributed by atoms with Crippen molar-refractivity contribution >= 4 is 11.6 Å². The van der Waals surface area contributed by atoms with E-state index in [0.717, 1.165) is 0 Å². The first kappa shape index (κ1) is 17.9. The highest BCUT2D eigenvalue weighted by Gasteiger charge is 2.23. The summed E-state index contributed by atoms with van der Waals surface area (Å²) in [5, 5.41) is 23.3. The van der Waals surface area contributed by atoms with Gasteiger partial charge in [-0.3, -0.25) is 10.1 Å². The quantitative estimate of drug-likeness (QED) is 0.529. The fourth-order valence-electron chi connectivity index (χ4n) is 2.72. The molecule has 0 fully saturated rings. The Kier molecular flexibility index (Phi) is 5.33. The molecule has 0 amide bonds. The van der Waals surface area contributed by atoms with Crippen molar-refractivity contribution in [2.75, 3.05) is 11.9 Å². The molecule has 0 radical (unpaired) electrons. The van der Waals surface area contributed by atoms with Gasteiger partial charge in [0.1, 0.15) is 11.9 Å². The summed E-state index contributed by atoms with van der Waals surface area (Å²) in [6.45, 7) is 0.252. The van der Waals surface area contributed by atoms with Crippen molar-refractivity contribution in [3.05, 3.63) is 93.5 Å². The second kappa shape index (κ2) is 8.01. The number of halogens is 1. The fraction of sp³-hybridized carbons (Fsp3) is 0.105. The van der Waals surface area contributed by atoms with E-state index in [0.29, 0.717) is 22.6 Å². The summed E-state index contributed by atoms with van der Waals surface area (Å²) in [4.78, 5) is 19.1. The maximum absolute atomic E-state index is 13.3. The molecule has 1 atom stereocenters. The first-order valence-corrected chi connectivity index (χ1v) is 8.03. The summed E-state index contributed by atoms with van der Waals surface area (Å²) in [6, 6.07) is 14.2. The van der Waals surface area contributed by atoms with E-state index in [1.165, 1.54) is 30.6 Å². The van der Waals surface area contributed by atoms with E-state index in [2.05, 4.69) is 15.3 Å². The van der Waals surface area contributed by atoms with Crippen LogP contribution in [0.1, 0.15) is 22.6 Å². The zero-order chi connectivity index (χ0) is 19.2. The van der Waals surface area contributed by atoms with Crippen molar-refractivity contribution in [1.82, 2.24) is 9.97 Å². The van der Waals surface area contributed by atoms with Gasteiger partial charge in [0, 0.05) is 24.1 Å². The van der Waals surface area contributed by atoms with Gasteiger partial charge in [0.15, 0.2) is 0 Å². The van der Waals surface area contributed by atoms with Gasteiger partial charge in [-0.05, 0) is 17.7 Å². The number of nitro benzene ring substituents is 1. The molecule has 0 saturated heterocycles. The number of hydrogen-bond donors (Lipinski definition) is 1. The summed E-state index contributed by atoms with van der Waals surface area (Å²) >= 11 is 0. The van der Waals surface area contributed by atoms with E-state index in [4.69, 9.17) is 5.26 Å². The number of aromatic nitrogens is 2. The molecular weight excluding hydrogens is 349 g/mol. The van der Waals surface area contributed by atoms with Crippen molar-refractivity contribution < 1.29 is 9.31 Å². The summed E-state index contributed by atoms with van der Waals surface area (Å²) in [5.41, 5.74) is 1.52. The van der Waals surface area contributed by atoms with Crippen molar-refractivity contribution in [1.29, 1.82) is 5.26 Å². The predicted octanol–water partition coefficient (Wildman–Crippen LogP) is 3.64. The van der Waals surface area contributed by atoms with E-state index in [-0.39, 0.29) is 18.0 Å². The molecule has 0 aliphatic rings. The van der Waals surface area contributed by atoms with Gasteiger partial charge >= 0.3 is 0 Å². The van der Waals surface area contributed by atoms with Crippen molar-refractivity contribution in [3.8, 4) is 6.07 Å². The minimum Gasteiger partial charge on any atom is -0.353 e. The van der Waals surface area contributed by atoms with Crippen LogP contribution >= 0.6 is 0 Å². The standard InChI is InChI=1S/C19H14FN5O2/c20-15-7-5-14(6-8-15)17(16-3-1-2-4-18(16)25(26)27)12-24-19-22-10-13(9-21)11-23-19/h1-8,10-11,17H,12H2,(H,22,23,24)/t17-/m0/s1. The fourth-order valence-corrected chi connectivity index (χ4v) is 2.72. The molecule has 7 nitrogen and oxygen atoms in total. The maximum atomic E-state index is 13.3. The molecule has 0 saturated carbocycles. The smallest absolute Gasteiger partial charge is 0.273 e. The van der Waals surface area contributed by atoms with Crippen molar-refractivity contribution in [3.63, 3.8) is 0 Å². The lowest BCUT2D eigenvalue weighted by atomic mass is 9.90. The molecule has 0 unspecified atom stereocenters. The van der Waals surface area contributed by atoms with Gasteiger partial charge in [-0.15, -0.1) is 0 Å². The number of anilines is 1. The van der Waals surface area contributed by atoms with Gasteiger partial charge < -0.3 is 5.32 Å². The Bertz CT molecular complexity index is 984. The van der Waals surface area contributed by atoms with Gasteiger partial charge in [0.2, 0.25) is 5.95 Å². The Morgan fingerprint density at radius 2 is 1.81 bits per heavy atom. The molecule has 8 heteroatoms. The molecular formula is C19H14FN5O2. The molecule has 0 aliphatic heterocycles. The predicted molar refractivity (Wildman–Crippen MR) is 96.6 cm³/mol. The molecule has 0 spiro atoms. The average molecular weight is 363 g/mol. The minimum atomic E-state index is -0.440. The Morgan fingerprint density at radius 1 is 1.15 bits per heavy atom. The van der Waals surface area contributed by atoms with Gasteiger partial charge in [-0.1, -0.05) is 30.3 Å². The lowest BCUT2D eigenvalue weighted by molar-refractivity contribution is -0.385. The Morgan fingerprint density at radius 3 is 2.44 bits per heavy atom. The maximum Gasteiger partial charge on any atom is 0.273 e. The minimum absolute atomic E-state index is 0.0191. The van der Waals surface area contributed by atoms with E-state index in [1.54, 1.807) is 30.3 Å². The van der Waals surface area contributed by atoms with Gasteiger partial charge in [0.05, 0.1) is 22.9 Å². The first-order valence-electron chi connectivity index (χ1n) is 8.03. The Hall–Kier alpha value is -3.86. The highest BCUT2D eigenvalue weighted by molar-refractivity contribution is 5.48.